The Bertz CT molecular complexity index is 242. The van der Waals surface area contributed by atoms with Crippen LogP contribution in [-0.2, 0) is 0 Å². The summed E-state index contributed by atoms with van der Waals surface area (Å²) in [6.07, 6.45) is 9.73. The van der Waals surface area contributed by atoms with Gasteiger partial charge in [0.15, 0.2) is 0 Å². The molecule has 0 fully saturated rings. The minimum absolute atomic E-state index is 0.263. The molecular weight excluding hydrogens is 268 g/mol. The van der Waals surface area contributed by atoms with Crippen molar-refractivity contribution < 1.29 is 0 Å². The number of nitrogens with zero attached hydrogens (tertiary/aromatic N) is 2. The molecule has 1 atom stereocenters. The molecule has 0 aliphatic rings. The Morgan fingerprint density at radius 3 is 1.64 bits per heavy atom. The second kappa shape index (κ2) is 12.4. The summed E-state index contributed by atoms with van der Waals surface area (Å²) in [7, 11) is 0. The maximum Gasteiger partial charge on any atom is 0.0308 e. The van der Waals surface area contributed by atoms with Gasteiger partial charge in [0.1, 0.15) is 0 Å². The number of rotatable bonds is 14. The maximum absolute atomic E-state index is 2.68. The van der Waals surface area contributed by atoms with Gasteiger partial charge in [-0.05, 0) is 46.4 Å². The molecule has 0 saturated carbocycles. The van der Waals surface area contributed by atoms with E-state index in [2.05, 4.69) is 58.3 Å². The van der Waals surface area contributed by atoms with Crippen molar-refractivity contribution in [2.45, 2.75) is 105 Å². The molecule has 0 bridgehead atoms. The minimum atomic E-state index is 0.263. The summed E-state index contributed by atoms with van der Waals surface area (Å²) in [5.74, 6) is 0. The molecule has 0 spiro atoms. The van der Waals surface area contributed by atoms with Gasteiger partial charge in [-0.2, -0.15) is 0 Å². The molecule has 134 valence electrons. The SMILES string of the molecule is CCCCCCCCC(N(CC)CC)C(C)(C)N(CC)CC. The van der Waals surface area contributed by atoms with E-state index in [-0.39, 0.29) is 5.54 Å². The molecule has 2 heteroatoms. The molecule has 0 saturated heterocycles. The van der Waals surface area contributed by atoms with E-state index in [1.165, 1.54) is 58.0 Å². The van der Waals surface area contributed by atoms with Gasteiger partial charge in [0.2, 0.25) is 0 Å². The van der Waals surface area contributed by atoms with E-state index < -0.39 is 0 Å². The zero-order valence-corrected chi connectivity index (χ0v) is 16.7. The third-order valence-electron chi connectivity index (χ3n) is 5.48. The summed E-state index contributed by atoms with van der Waals surface area (Å²) in [5.41, 5.74) is 0.263. The molecule has 0 aliphatic carbocycles. The third-order valence-corrected chi connectivity index (χ3v) is 5.48. The third kappa shape index (κ3) is 7.00. The summed E-state index contributed by atoms with van der Waals surface area (Å²) in [6.45, 7) is 21.1. The Hall–Kier alpha value is -0.0800. The van der Waals surface area contributed by atoms with Crippen LogP contribution in [0.15, 0.2) is 0 Å². The van der Waals surface area contributed by atoms with Crippen molar-refractivity contribution in [3.8, 4) is 0 Å². The van der Waals surface area contributed by atoms with Gasteiger partial charge in [-0.3, -0.25) is 9.80 Å². The monoisotopic (exact) mass is 312 g/mol. The van der Waals surface area contributed by atoms with Crippen molar-refractivity contribution in [2.75, 3.05) is 26.2 Å². The van der Waals surface area contributed by atoms with Crippen molar-refractivity contribution in [3.63, 3.8) is 0 Å². The predicted molar refractivity (Wildman–Crippen MR) is 102 cm³/mol. The lowest BCUT2D eigenvalue weighted by Crippen LogP contribution is -2.58. The Morgan fingerprint density at radius 2 is 1.18 bits per heavy atom. The number of hydrogen-bond donors (Lipinski definition) is 0. The Balaban J connectivity index is 4.68. The summed E-state index contributed by atoms with van der Waals surface area (Å²) < 4.78 is 0. The number of likely N-dealkylation sites (N-methyl/N-ethyl adjacent to an activating group) is 2. The highest BCUT2D eigenvalue weighted by Crippen LogP contribution is 2.27. The van der Waals surface area contributed by atoms with Crippen molar-refractivity contribution in [1.29, 1.82) is 0 Å². The van der Waals surface area contributed by atoms with Crippen LogP contribution >= 0.6 is 0 Å². The molecule has 0 aromatic heterocycles. The highest BCUT2D eigenvalue weighted by atomic mass is 15.3. The van der Waals surface area contributed by atoms with Crippen LogP contribution in [0.2, 0.25) is 0 Å². The summed E-state index contributed by atoms with van der Waals surface area (Å²) in [5, 5.41) is 0. The topological polar surface area (TPSA) is 6.48 Å². The molecule has 0 N–H and O–H groups in total. The second-order valence-electron chi connectivity index (χ2n) is 7.12. The van der Waals surface area contributed by atoms with Crippen LogP contribution in [0.25, 0.3) is 0 Å². The quantitative estimate of drug-likeness (QED) is 0.387. The van der Waals surface area contributed by atoms with Crippen LogP contribution in [0.3, 0.4) is 0 Å². The fourth-order valence-corrected chi connectivity index (χ4v) is 4.01. The first-order valence-electron chi connectivity index (χ1n) is 9.98. The summed E-state index contributed by atoms with van der Waals surface area (Å²) in [4.78, 5) is 5.33. The molecule has 0 aliphatic heterocycles. The minimum Gasteiger partial charge on any atom is -0.299 e. The fourth-order valence-electron chi connectivity index (χ4n) is 4.01. The van der Waals surface area contributed by atoms with Crippen LogP contribution in [0.4, 0.5) is 0 Å². The molecule has 1 unspecified atom stereocenters. The van der Waals surface area contributed by atoms with Crippen LogP contribution in [0.1, 0.15) is 93.4 Å². The number of unbranched alkanes of at least 4 members (excludes halogenated alkanes) is 5. The first kappa shape index (κ1) is 21.9. The smallest absolute Gasteiger partial charge is 0.0308 e. The second-order valence-corrected chi connectivity index (χ2v) is 7.12. The van der Waals surface area contributed by atoms with E-state index >= 15 is 0 Å². The molecule has 0 radical (unpaired) electrons. The number of hydrogen-bond acceptors (Lipinski definition) is 2. The maximum atomic E-state index is 2.68. The van der Waals surface area contributed by atoms with Gasteiger partial charge >= 0.3 is 0 Å². The van der Waals surface area contributed by atoms with Crippen molar-refractivity contribution >= 4 is 0 Å². The molecule has 0 heterocycles. The van der Waals surface area contributed by atoms with Gasteiger partial charge < -0.3 is 0 Å². The average molecular weight is 313 g/mol. The highest BCUT2D eigenvalue weighted by Gasteiger charge is 2.36. The van der Waals surface area contributed by atoms with E-state index in [1.807, 2.05) is 0 Å². The van der Waals surface area contributed by atoms with E-state index in [9.17, 15) is 0 Å². The van der Waals surface area contributed by atoms with Gasteiger partial charge in [-0.15, -0.1) is 0 Å². The highest BCUT2D eigenvalue weighted by molar-refractivity contribution is 4.94. The van der Waals surface area contributed by atoms with Crippen LogP contribution in [0.5, 0.6) is 0 Å². The lowest BCUT2D eigenvalue weighted by Gasteiger charge is -2.48. The fraction of sp³-hybridized carbons (Fsp3) is 1.00. The van der Waals surface area contributed by atoms with Gasteiger partial charge in [-0.25, -0.2) is 0 Å². The molecule has 22 heavy (non-hydrogen) atoms. The van der Waals surface area contributed by atoms with E-state index in [0.29, 0.717) is 6.04 Å². The molecule has 0 aromatic carbocycles. The molecule has 0 amide bonds. The van der Waals surface area contributed by atoms with Gasteiger partial charge in [-0.1, -0.05) is 73.1 Å². The van der Waals surface area contributed by atoms with Crippen LogP contribution in [0, 0.1) is 0 Å². The Labute approximate surface area is 141 Å². The zero-order chi connectivity index (χ0) is 17.0. The van der Waals surface area contributed by atoms with Crippen molar-refractivity contribution in [1.82, 2.24) is 9.80 Å². The molecule has 0 rings (SSSR count). The Morgan fingerprint density at radius 1 is 0.682 bits per heavy atom. The largest absolute Gasteiger partial charge is 0.299 e. The van der Waals surface area contributed by atoms with Crippen molar-refractivity contribution in [3.05, 3.63) is 0 Å². The van der Waals surface area contributed by atoms with Crippen LogP contribution < -0.4 is 0 Å². The lowest BCUT2D eigenvalue weighted by molar-refractivity contribution is 0.0225. The van der Waals surface area contributed by atoms with Gasteiger partial charge in [0, 0.05) is 11.6 Å². The average Bonchev–Trinajstić information content (AvgIpc) is 2.50. The Kier molecular flexibility index (Phi) is 12.3. The predicted octanol–water partition coefficient (Wildman–Crippen LogP) is 5.57. The van der Waals surface area contributed by atoms with Gasteiger partial charge in [0.05, 0.1) is 0 Å². The van der Waals surface area contributed by atoms with Crippen LogP contribution in [-0.4, -0.2) is 47.6 Å². The van der Waals surface area contributed by atoms with Crippen molar-refractivity contribution in [2.24, 2.45) is 0 Å². The standard InChI is InChI=1S/C20H44N2/c1-8-13-14-15-16-17-18-19(21(9-2)10-3)20(6,7)22(11-4)12-5/h19H,8-18H2,1-7H3. The van der Waals surface area contributed by atoms with E-state index in [0.717, 1.165) is 13.1 Å². The molecular formula is C20H44N2. The molecule has 2 nitrogen and oxygen atoms in total. The zero-order valence-electron chi connectivity index (χ0n) is 16.7. The van der Waals surface area contributed by atoms with E-state index in [4.69, 9.17) is 0 Å². The summed E-state index contributed by atoms with van der Waals surface area (Å²) >= 11 is 0. The summed E-state index contributed by atoms with van der Waals surface area (Å²) in [6, 6.07) is 0.675. The normalized spacial score (nSPS) is 14.0. The van der Waals surface area contributed by atoms with E-state index in [1.54, 1.807) is 0 Å². The molecule has 0 aromatic rings. The van der Waals surface area contributed by atoms with Gasteiger partial charge in [0.25, 0.3) is 0 Å². The first-order valence-corrected chi connectivity index (χ1v) is 9.98. The lowest BCUT2D eigenvalue weighted by atomic mass is 9.86. The first-order chi connectivity index (χ1) is 10.5.